The quantitative estimate of drug-likeness (QED) is 0.283. The summed E-state index contributed by atoms with van der Waals surface area (Å²) < 4.78 is 70.8. The highest BCUT2D eigenvalue weighted by molar-refractivity contribution is 5.48. The molecule has 1 nitrogen and oxygen atoms in total. The van der Waals surface area contributed by atoms with Gasteiger partial charge in [0.25, 0.3) is 0 Å². The van der Waals surface area contributed by atoms with Gasteiger partial charge in [-0.2, -0.15) is 8.78 Å². The minimum atomic E-state index is -3.35. The van der Waals surface area contributed by atoms with Gasteiger partial charge in [-0.25, -0.2) is 13.2 Å². The zero-order chi connectivity index (χ0) is 21.7. The van der Waals surface area contributed by atoms with Gasteiger partial charge in [0.2, 0.25) is 0 Å². The van der Waals surface area contributed by atoms with Crippen LogP contribution in [0.3, 0.4) is 0 Å². The second-order valence-corrected chi connectivity index (χ2v) is 7.57. The fourth-order valence-electron chi connectivity index (χ4n) is 3.88. The molecule has 1 aliphatic rings. The molecule has 0 saturated heterocycles. The van der Waals surface area contributed by atoms with Crippen molar-refractivity contribution in [1.82, 2.24) is 0 Å². The van der Waals surface area contributed by atoms with E-state index in [0.717, 1.165) is 37.0 Å². The largest absolute Gasteiger partial charge is 0.429 e. The molecular formula is C24H23F5O. The summed E-state index contributed by atoms with van der Waals surface area (Å²) in [6.45, 7) is -1.18. The van der Waals surface area contributed by atoms with E-state index in [1.54, 1.807) is 6.07 Å². The van der Waals surface area contributed by atoms with Crippen molar-refractivity contribution in [3.63, 3.8) is 0 Å². The third kappa shape index (κ3) is 5.33. The molecule has 2 aromatic rings. The second-order valence-electron chi connectivity index (χ2n) is 7.57. The Bertz CT molecular complexity index is 935. The van der Waals surface area contributed by atoms with Gasteiger partial charge >= 0.3 is 6.61 Å². The molecule has 2 aromatic carbocycles. The molecule has 0 aliphatic heterocycles. The Morgan fingerprint density at radius 1 is 1.07 bits per heavy atom. The SMILES string of the molecule is CCCCCC1CCc2c(ccc(C#Cc3cc(F)c(OC(F)F)c(F)c3)c2F)C1. The van der Waals surface area contributed by atoms with Crippen LogP contribution < -0.4 is 4.74 Å². The average Bonchev–Trinajstić information content (AvgIpc) is 2.70. The first-order chi connectivity index (χ1) is 14.4. The smallest absolute Gasteiger partial charge is 0.387 e. The van der Waals surface area contributed by atoms with E-state index >= 15 is 0 Å². The Morgan fingerprint density at radius 3 is 2.47 bits per heavy atom. The minimum Gasteiger partial charge on any atom is -0.429 e. The molecule has 0 saturated carbocycles. The molecule has 0 bridgehead atoms. The lowest BCUT2D eigenvalue weighted by Gasteiger charge is -2.25. The number of halogens is 5. The van der Waals surface area contributed by atoms with Crippen molar-refractivity contribution in [2.24, 2.45) is 5.92 Å². The van der Waals surface area contributed by atoms with Gasteiger partial charge in [0.05, 0.1) is 5.56 Å². The van der Waals surface area contributed by atoms with Crippen LogP contribution in [0.1, 0.15) is 61.3 Å². The molecule has 6 heteroatoms. The topological polar surface area (TPSA) is 9.23 Å². The van der Waals surface area contributed by atoms with Gasteiger partial charge in [-0.15, -0.1) is 0 Å². The second kappa shape index (κ2) is 9.97. The Kier molecular flexibility index (Phi) is 7.36. The maximum absolute atomic E-state index is 14.9. The van der Waals surface area contributed by atoms with Crippen molar-refractivity contribution in [3.05, 3.63) is 64.0 Å². The molecule has 1 atom stereocenters. The summed E-state index contributed by atoms with van der Waals surface area (Å²) in [6.07, 6.45) is 7.17. The zero-order valence-electron chi connectivity index (χ0n) is 16.7. The molecule has 30 heavy (non-hydrogen) atoms. The molecular weight excluding hydrogens is 399 g/mol. The first kappa shape index (κ1) is 22.1. The van der Waals surface area contributed by atoms with Crippen molar-refractivity contribution < 1.29 is 26.7 Å². The minimum absolute atomic E-state index is 0.0975. The third-order valence-corrected chi connectivity index (χ3v) is 5.41. The van der Waals surface area contributed by atoms with Crippen LogP contribution in [0.15, 0.2) is 24.3 Å². The van der Waals surface area contributed by atoms with Crippen LogP contribution in [0.2, 0.25) is 0 Å². The highest BCUT2D eigenvalue weighted by atomic mass is 19.3. The van der Waals surface area contributed by atoms with Gasteiger partial charge < -0.3 is 4.74 Å². The molecule has 0 fully saturated rings. The maximum Gasteiger partial charge on any atom is 0.387 e. The van der Waals surface area contributed by atoms with E-state index in [1.165, 1.54) is 19.3 Å². The standard InChI is InChI=1S/C24H23F5O/c1-2-3-4-5-15-7-11-19-18(12-15)10-9-17(22(19)27)8-6-16-13-20(25)23(21(26)14-16)30-24(28)29/h9-10,13-15,24H,2-5,7,11-12H2,1H3. The number of hydrogen-bond donors (Lipinski definition) is 0. The number of benzene rings is 2. The number of fused-ring (bicyclic) bond motifs is 1. The summed E-state index contributed by atoms with van der Waals surface area (Å²) >= 11 is 0. The van der Waals surface area contributed by atoms with Crippen LogP contribution in [0, 0.1) is 35.2 Å². The molecule has 0 spiro atoms. The number of unbranched alkanes of at least 4 members (excludes halogenated alkanes) is 2. The van der Waals surface area contributed by atoms with Crippen LogP contribution in [-0.4, -0.2) is 6.61 Å². The highest BCUT2D eigenvalue weighted by Gasteiger charge is 2.22. The van der Waals surface area contributed by atoms with Gasteiger partial charge in [-0.05, 0) is 54.5 Å². The van der Waals surface area contributed by atoms with Crippen LogP contribution in [0.4, 0.5) is 22.0 Å². The Labute approximate surface area is 173 Å². The molecule has 1 unspecified atom stereocenters. The molecule has 0 amide bonds. The van der Waals surface area contributed by atoms with Crippen LogP contribution >= 0.6 is 0 Å². The van der Waals surface area contributed by atoms with Crippen molar-refractivity contribution >= 4 is 0 Å². The van der Waals surface area contributed by atoms with E-state index in [1.807, 2.05) is 6.07 Å². The summed E-state index contributed by atoms with van der Waals surface area (Å²) in [5.74, 6) is 1.53. The number of alkyl halides is 2. The monoisotopic (exact) mass is 422 g/mol. The summed E-state index contributed by atoms with van der Waals surface area (Å²) in [4.78, 5) is 0. The molecule has 0 radical (unpaired) electrons. The molecule has 0 N–H and O–H groups in total. The van der Waals surface area contributed by atoms with E-state index in [0.29, 0.717) is 17.9 Å². The third-order valence-electron chi connectivity index (χ3n) is 5.41. The first-order valence-corrected chi connectivity index (χ1v) is 10.1. The van der Waals surface area contributed by atoms with Gasteiger partial charge in [0, 0.05) is 5.56 Å². The average molecular weight is 422 g/mol. The van der Waals surface area contributed by atoms with Gasteiger partial charge in [-0.3, -0.25) is 0 Å². The summed E-state index contributed by atoms with van der Waals surface area (Å²) in [7, 11) is 0. The van der Waals surface area contributed by atoms with E-state index in [2.05, 4.69) is 23.5 Å². The van der Waals surface area contributed by atoms with Crippen molar-refractivity contribution in [2.75, 3.05) is 0 Å². The van der Waals surface area contributed by atoms with Crippen LogP contribution in [0.25, 0.3) is 0 Å². The lowest BCUT2D eigenvalue weighted by Crippen LogP contribution is -2.16. The molecule has 0 aromatic heterocycles. The van der Waals surface area contributed by atoms with Crippen molar-refractivity contribution in [1.29, 1.82) is 0 Å². The Morgan fingerprint density at radius 2 is 1.80 bits per heavy atom. The molecule has 0 heterocycles. The lowest BCUT2D eigenvalue weighted by molar-refractivity contribution is -0.0546. The molecule has 1 aliphatic carbocycles. The lowest BCUT2D eigenvalue weighted by atomic mass is 9.80. The summed E-state index contributed by atoms with van der Waals surface area (Å²) in [5.41, 5.74) is 1.70. The fraction of sp³-hybridized carbons (Fsp3) is 0.417. The van der Waals surface area contributed by atoms with Crippen LogP contribution in [-0.2, 0) is 12.8 Å². The number of ether oxygens (including phenoxy) is 1. The fourth-order valence-corrected chi connectivity index (χ4v) is 3.88. The number of hydrogen-bond acceptors (Lipinski definition) is 1. The van der Waals surface area contributed by atoms with Gasteiger partial charge in [0.15, 0.2) is 17.4 Å². The zero-order valence-corrected chi connectivity index (χ0v) is 16.7. The Balaban J connectivity index is 1.78. The van der Waals surface area contributed by atoms with Crippen LogP contribution in [0.5, 0.6) is 5.75 Å². The maximum atomic E-state index is 14.9. The van der Waals surface area contributed by atoms with E-state index < -0.39 is 29.8 Å². The summed E-state index contributed by atoms with van der Waals surface area (Å²) in [6, 6.07) is 5.02. The normalized spacial score (nSPS) is 15.5. The van der Waals surface area contributed by atoms with E-state index in [-0.39, 0.29) is 11.1 Å². The molecule has 3 rings (SSSR count). The summed E-state index contributed by atoms with van der Waals surface area (Å²) in [5, 5.41) is 0. The van der Waals surface area contributed by atoms with Gasteiger partial charge in [-0.1, -0.05) is 50.5 Å². The predicted molar refractivity (Wildman–Crippen MR) is 105 cm³/mol. The highest BCUT2D eigenvalue weighted by Crippen LogP contribution is 2.31. The predicted octanol–water partition coefficient (Wildman–Crippen LogP) is 6.79. The van der Waals surface area contributed by atoms with Crippen molar-refractivity contribution in [2.45, 2.75) is 58.5 Å². The molecule has 160 valence electrons. The first-order valence-electron chi connectivity index (χ1n) is 10.1. The van der Waals surface area contributed by atoms with E-state index in [9.17, 15) is 22.0 Å². The van der Waals surface area contributed by atoms with Gasteiger partial charge in [0.1, 0.15) is 5.82 Å². The van der Waals surface area contributed by atoms with Crippen molar-refractivity contribution in [3.8, 4) is 17.6 Å². The van der Waals surface area contributed by atoms with E-state index in [4.69, 9.17) is 0 Å². The number of rotatable bonds is 6. The Hall–Kier alpha value is -2.55.